The second-order valence-electron chi connectivity index (χ2n) is 4.67. The predicted molar refractivity (Wildman–Crippen MR) is 73.3 cm³/mol. The molecule has 0 radical (unpaired) electrons. The summed E-state index contributed by atoms with van der Waals surface area (Å²) in [7, 11) is 1.57. The lowest BCUT2D eigenvalue weighted by Crippen LogP contribution is -2.39. The van der Waals surface area contributed by atoms with E-state index in [0.717, 1.165) is 12.1 Å². The summed E-state index contributed by atoms with van der Waals surface area (Å²) in [6.07, 6.45) is 8.26. The lowest BCUT2D eigenvalue weighted by atomic mass is 10.0. The van der Waals surface area contributed by atoms with Gasteiger partial charge in [-0.3, -0.25) is 4.90 Å². The number of allylic oxidation sites excluding steroid dienone is 1. The normalized spacial score (nSPS) is 21.7. The number of hydrogen-bond donors (Lipinski definition) is 1. The number of nitrogens with zero attached hydrogens (tertiary/aromatic N) is 1. The van der Waals surface area contributed by atoms with Crippen LogP contribution in [0.2, 0.25) is 0 Å². The highest BCUT2D eigenvalue weighted by atomic mass is 19.1. The van der Waals surface area contributed by atoms with E-state index in [1.54, 1.807) is 7.11 Å². The lowest BCUT2D eigenvalue weighted by Gasteiger charge is -2.21. The van der Waals surface area contributed by atoms with E-state index in [1.165, 1.54) is 25.9 Å². The zero-order valence-corrected chi connectivity index (χ0v) is 11.4. The Morgan fingerprint density at radius 2 is 2.11 bits per heavy atom. The van der Waals surface area contributed by atoms with Crippen molar-refractivity contribution in [2.24, 2.45) is 5.73 Å². The molecule has 0 aromatic heterocycles. The van der Waals surface area contributed by atoms with Crippen molar-refractivity contribution in [3.05, 3.63) is 23.8 Å². The first-order chi connectivity index (χ1) is 8.72. The molecule has 0 spiro atoms. The van der Waals surface area contributed by atoms with Gasteiger partial charge in [-0.1, -0.05) is 18.2 Å². The first kappa shape index (κ1) is 15.3. The second-order valence-corrected chi connectivity index (χ2v) is 4.67. The van der Waals surface area contributed by atoms with Gasteiger partial charge in [0.1, 0.15) is 6.67 Å². The van der Waals surface area contributed by atoms with Crippen molar-refractivity contribution in [1.29, 1.82) is 0 Å². The molecule has 4 heteroatoms. The summed E-state index contributed by atoms with van der Waals surface area (Å²) in [5.74, 6) is 0. The van der Waals surface area contributed by atoms with Gasteiger partial charge in [-0.15, -0.1) is 0 Å². The molecule has 18 heavy (non-hydrogen) atoms. The smallest absolute Gasteiger partial charge is 0.107 e. The summed E-state index contributed by atoms with van der Waals surface area (Å²) in [6, 6.07) is -0.599. The molecule has 1 aliphatic heterocycles. The van der Waals surface area contributed by atoms with Gasteiger partial charge in [0, 0.05) is 13.7 Å². The summed E-state index contributed by atoms with van der Waals surface area (Å²) in [5, 5.41) is 0. The number of nitrogens with two attached hydrogens (primary N) is 1. The van der Waals surface area contributed by atoms with Crippen LogP contribution in [-0.2, 0) is 4.74 Å². The van der Waals surface area contributed by atoms with Crippen molar-refractivity contribution in [2.45, 2.75) is 31.9 Å². The van der Waals surface area contributed by atoms with Gasteiger partial charge >= 0.3 is 0 Å². The minimum atomic E-state index is -0.599. The van der Waals surface area contributed by atoms with Crippen LogP contribution in [0.1, 0.15) is 19.8 Å². The molecule has 0 aromatic carbocycles. The van der Waals surface area contributed by atoms with Crippen molar-refractivity contribution >= 4 is 0 Å². The number of hydrogen-bond acceptors (Lipinski definition) is 3. The Morgan fingerprint density at radius 1 is 1.44 bits per heavy atom. The van der Waals surface area contributed by atoms with Gasteiger partial charge in [0.05, 0.1) is 12.1 Å². The molecule has 1 fully saturated rings. The van der Waals surface area contributed by atoms with Gasteiger partial charge in [0.25, 0.3) is 0 Å². The van der Waals surface area contributed by atoms with E-state index in [0.29, 0.717) is 0 Å². The summed E-state index contributed by atoms with van der Waals surface area (Å²) in [4.78, 5) is 2.40. The number of halogens is 1. The fourth-order valence-corrected chi connectivity index (χ4v) is 2.30. The van der Waals surface area contributed by atoms with E-state index in [2.05, 4.69) is 11.0 Å². The van der Waals surface area contributed by atoms with E-state index in [4.69, 9.17) is 10.5 Å². The van der Waals surface area contributed by atoms with Crippen molar-refractivity contribution < 1.29 is 9.13 Å². The molecular formula is C14H25FN2O. The van der Waals surface area contributed by atoms with Crippen LogP contribution in [0.3, 0.4) is 0 Å². The van der Waals surface area contributed by atoms with Crippen LogP contribution in [0.15, 0.2) is 23.8 Å². The molecule has 3 nitrogen and oxygen atoms in total. The van der Waals surface area contributed by atoms with Gasteiger partial charge in [0.15, 0.2) is 0 Å². The van der Waals surface area contributed by atoms with E-state index in [-0.39, 0.29) is 6.10 Å². The molecule has 1 saturated heterocycles. The van der Waals surface area contributed by atoms with Gasteiger partial charge in [-0.2, -0.15) is 0 Å². The average molecular weight is 256 g/mol. The van der Waals surface area contributed by atoms with Gasteiger partial charge in [-0.25, -0.2) is 4.39 Å². The van der Waals surface area contributed by atoms with Crippen molar-refractivity contribution in [2.75, 3.05) is 33.4 Å². The molecular weight excluding hydrogens is 231 g/mol. The molecule has 1 rings (SSSR count). The first-order valence-electron chi connectivity index (χ1n) is 6.62. The molecule has 1 heterocycles. The Hall–Kier alpha value is -0.710. The maximum Gasteiger partial charge on any atom is 0.107 e. The molecule has 0 bridgehead atoms. The Kier molecular flexibility index (Phi) is 7.16. The SMILES string of the molecule is C/C=C(\C=C/CN1CCCC1)C(OC)C(N)CF. The third kappa shape index (κ3) is 4.52. The molecule has 0 saturated carbocycles. The highest BCUT2D eigenvalue weighted by Crippen LogP contribution is 2.13. The van der Waals surface area contributed by atoms with Crippen molar-refractivity contribution in [3.8, 4) is 0 Å². The first-order valence-corrected chi connectivity index (χ1v) is 6.62. The largest absolute Gasteiger partial charge is 0.375 e. The van der Waals surface area contributed by atoms with Crippen LogP contribution >= 0.6 is 0 Å². The van der Waals surface area contributed by atoms with Gasteiger partial charge in [-0.05, 0) is 38.4 Å². The van der Waals surface area contributed by atoms with Crippen LogP contribution in [0.4, 0.5) is 4.39 Å². The Balaban J connectivity index is 2.51. The van der Waals surface area contributed by atoms with Gasteiger partial charge < -0.3 is 10.5 Å². The third-order valence-corrected chi connectivity index (χ3v) is 3.36. The number of rotatable bonds is 7. The van der Waals surface area contributed by atoms with Crippen LogP contribution in [-0.4, -0.2) is 50.5 Å². The highest BCUT2D eigenvalue weighted by Gasteiger charge is 2.19. The zero-order valence-electron chi connectivity index (χ0n) is 11.4. The summed E-state index contributed by atoms with van der Waals surface area (Å²) >= 11 is 0. The Labute approximate surface area is 109 Å². The number of methoxy groups -OCH3 is 1. The van der Waals surface area contributed by atoms with E-state index >= 15 is 0 Å². The van der Waals surface area contributed by atoms with Crippen molar-refractivity contribution in [1.82, 2.24) is 4.90 Å². The van der Waals surface area contributed by atoms with E-state index in [9.17, 15) is 4.39 Å². The minimum Gasteiger partial charge on any atom is -0.375 e. The number of likely N-dealkylation sites (tertiary alicyclic amines) is 1. The standard InChI is InChI=1S/C14H25FN2O/c1-3-12(14(18-2)13(16)11-15)7-6-10-17-8-4-5-9-17/h3,6-7,13-14H,4-5,8-11,16H2,1-2H3/b7-6-,12-3+. The van der Waals surface area contributed by atoms with Crippen LogP contribution < -0.4 is 5.73 Å². The molecule has 0 aromatic rings. The molecule has 2 unspecified atom stereocenters. The van der Waals surface area contributed by atoms with Crippen LogP contribution in [0, 0.1) is 0 Å². The monoisotopic (exact) mass is 256 g/mol. The summed E-state index contributed by atoms with van der Waals surface area (Å²) < 4.78 is 17.9. The fourth-order valence-electron chi connectivity index (χ4n) is 2.30. The average Bonchev–Trinajstić information content (AvgIpc) is 2.90. The maximum absolute atomic E-state index is 12.6. The lowest BCUT2D eigenvalue weighted by molar-refractivity contribution is 0.102. The fraction of sp³-hybridized carbons (Fsp3) is 0.714. The van der Waals surface area contributed by atoms with Crippen molar-refractivity contribution in [3.63, 3.8) is 0 Å². The van der Waals surface area contributed by atoms with E-state index in [1.807, 2.05) is 19.1 Å². The molecule has 0 amide bonds. The zero-order chi connectivity index (χ0) is 13.4. The van der Waals surface area contributed by atoms with Crippen LogP contribution in [0.5, 0.6) is 0 Å². The van der Waals surface area contributed by atoms with E-state index < -0.39 is 12.7 Å². The topological polar surface area (TPSA) is 38.5 Å². The maximum atomic E-state index is 12.6. The molecule has 1 aliphatic rings. The Morgan fingerprint density at radius 3 is 2.61 bits per heavy atom. The summed E-state index contributed by atoms with van der Waals surface area (Å²) in [6.45, 7) is 4.64. The molecule has 104 valence electrons. The number of alkyl halides is 1. The molecule has 2 N–H and O–H groups in total. The van der Waals surface area contributed by atoms with Crippen LogP contribution in [0.25, 0.3) is 0 Å². The third-order valence-electron chi connectivity index (χ3n) is 3.36. The van der Waals surface area contributed by atoms with Gasteiger partial charge in [0.2, 0.25) is 0 Å². The number of ether oxygens (including phenoxy) is 1. The molecule has 0 aliphatic carbocycles. The predicted octanol–water partition coefficient (Wildman–Crippen LogP) is 1.90. The summed E-state index contributed by atoms with van der Waals surface area (Å²) in [5.41, 5.74) is 6.66. The highest BCUT2D eigenvalue weighted by molar-refractivity contribution is 5.24. The molecule has 2 atom stereocenters. The minimum absolute atomic E-state index is 0.366. The Bertz CT molecular complexity index is 286. The quantitative estimate of drug-likeness (QED) is 0.707. The second kappa shape index (κ2) is 8.40.